The molecule has 2 aromatic rings. The summed E-state index contributed by atoms with van der Waals surface area (Å²) in [5, 5.41) is 17.4. The molecule has 4 heterocycles. The molecule has 35 heavy (non-hydrogen) atoms. The van der Waals surface area contributed by atoms with Crippen molar-refractivity contribution in [2.45, 2.75) is 43.5 Å². The predicted octanol–water partition coefficient (Wildman–Crippen LogP) is 1.33. The van der Waals surface area contributed by atoms with Crippen LogP contribution in [0.15, 0.2) is 28.8 Å². The summed E-state index contributed by atoms with van der Waals surface area (Å²) in [6.07, 6.45) is -3.52. The van der Waals surface area contributed by atoms with Gasteiger partial charge in [0.1, 0.15) is 0 Å². The molecule has 1 aromatic carbocycles. The number of aromatic nitrogens is 2. The van der Waals surface area contributed by atoms with Crippen LogP contribution in [0.4, 0.5) is 13.2 Å². The fourth-order valence-corrected chi connectivity index (χ4v) is 4.90. The van der Waals surface area contributed by atoms with Crippen molar-refractivity contribution >= 4 is 5.91 Å². The summed E-state index contributed by atoms with van der Waals surface area (Å²) in [7, 11) is 0. The zero-order valence-corrected chi connectivity index (χ0v) is 18.8. The molecule has 1 aromatic heterocycles. The van der Waals surface area contributed by atoms with Gasteiger partial charge in [-0.05, 0) is 25.0 Å². The van der Waals surface area contributed by atoms with Crippen LogP contribution in [0.2, 0.25) is 0 Å². The second-order valence-electron chi connectivity index (χ2n) is 8.89. The molecule has 13 heteroatoms. The molecular formula is C22H26F3N5O5. The average molecular weight is 497 g/mol. The molecule has 2 bridgehead atoms. The van der Waals surface area contributed by atoms with E-state index in [0.29, 0.717) is 38.5 Å². The highest BCUT2D eigenvalue weighted by Crippen LogP contribution is 2.32. The first-order chi connectivity index (χ1) is 16.8. The van der Waals surface area contributed by atoms with E-state index in [-0.39, 0.29) is 42.0 Å². The van der Waals surface area contributed by atoms with Crippen molar-refractivity contribution in [1.29, 1.82) is 0 Å². The third-order valence-electron chi connectivity index (χ3n) is 6.71. The number of amides is 1. The Morgan fingerprint density at radius 2 is 1.86 bits per heavy atom. The summed E-state index contributed by atoms with van der Waals surface area (Å²) >= 11 is 0. The number of carbonyl (C=O) groups is 1. The maximum atomic E-state index is 12.7. The number of hydrogen-bond acceptors (Lipinski definition) is 9. The molecule has 5 rings (SSSR count). The topological polar surface area (TPSA) is 113 Å². The summed E-state index contributed by atoms with van der Waals surface area (Å²) < 4.78 is 53.5. The number of aliphatic hydroxyl groups is 1. The predicted molar refractivity (Wildman–Crippen MR) is 114 cm³/mol. The lowest BCUT2D eigenvalue weighted by molar-refractivity contribution is -0.198. The summed E-state index contributed by atoms with van der Waals surface area (Å²) in [4.78, 5) is 20.1. The molecular weight excluding hydrogens is 471 g/mol. The number of fused-ring (bicyclic) bond motifs is 2. The first-order valence-electron chi connectivity index (χ1n) is 11.5. The minimum Gasteiger partial charge on any atom is -0.378 e. The zero-order valence-electron chi connectivity index (χ0n) is 18.8. The molecule has 3 unspecified atom stereocenters. The summed E-state index contributed by atoms with van der Waals surface area (Å²) in [5.74, 6) is -2.00. The standard InChI is InChI=1S/C22H26F3N5O5/c23-22(24,25)20-27-18(28-35-20)13-1-3-14(4-2-13)19(31)26-9-17-12-33-8-7-29(17)21(32)30-15-5-6-16(30)11-34-10-15/h1-4,15-17,21,32H,5-12H2,(H,26,31)/t15?,16?,17-,21?/m0/s1. The van der Waals surface area contributed by atoms with E-state index in [1.165, 1.54) is 24.3 Å². The molecule has 0 radical (unpaired) electrons. The van der Waals surface area contributed by atoms with Gasteiger partial charge < -0.3 is 24.4 Å². The van der Waals surface area contributed by atoms with Crippen molar-refractivity contribution in [1.82, 2.24) is 25.3 Å². The van der Waals surface area contributed by atoms with Crippen molar-refractivity contribution in [2.24, 2.45) is 0 Å². The van der Waals surface area contributed by atoms with Crippen molar-refractivity contribution < 1.29 is 37.1 Å². The van der Waals surface area contributed by atoms with E-state index in [9.17, 15) is 23.1 Å². The van der Waals surface area contributed by atoms with Gasteiger partial charge in [-0.1, -0.05) is 17.3 Å². The molecule has 3 aliphatic rings. The van der Waals surface area contributed by atoms with Crippen molar-refractivity contribution in [3.05, 3.63) is 35.7 Å². The minimum absolute atomic E-state index is 0.187. The molecule has 1 amide bonds. The second-order valence-corrected chi connectivity index (χ2v) is 8.89. The highest BCUT2D eigenvalue weighted by atomic mass is 19.4. The van der Waals surface area contributed by atoms with Crippen molar-refractivity contribution in [3.63, 3.8) is 0 Å². The zero-order chi connectivity index (χ0) is 24.6. The van der Waals surface area contributed by atoms with Gasteiger partial charge in [0.25, 0.3) is 5.91 Å². The Balaban J connectivity index is 1.20. The molecule has 3 fully saturated rings. The Labute approximate surface area is 199 Å². The fraction of sp³-hybridized carbons (Fsp3) is 0.591. The van der Waals surface area contributed by atoms with Gasteiger partial charge in [0.05, 0.1) is 32.5 Å². The number of morpholine rings is 2. The number of hydrogen-bond donors (Lipinski definition) is 2. The van der Waals surface area contributed by atoms with Gasteiger partial charge in [-0.3, -0.25) is 14.6 Å². The van der Waals surface area contributed by atoms with Crippen LogP contribution in [0.25, 0.3) is 11.4 Å². The van der Waals surface area contributed by atoms with Gasteiger partial charge >= 0.3 is 12.1 Å². The summed E-state index contributed by atoms with van der Waals surface area (Å²) in [6.45, 7) is 2.88. The lowest BCUT2D eigenvalue weighted by atomic mass is 10.1. The molecule has 0 saturated carbocycles. The first kappa shape index (κ1) is 24.1. The van der Waals surface area contributed by atoms with Crippen molar-refractivity contribution in [3.8, 4) is 11.4 Å². The van der Waals surface area contributed by atoms with E-state index < -0.39 is 18.4 Å². The molecule has 3 aliphatic heterocycles. The number of halogens is 3. The molecule has 0 spiro atoms. The smallest absolute Gasteiger partial charge is 0.378 e. The Morgan fingerprint density at radius 3 is 2.51 bits per heavy atom. The van der Waals surface area contributed by atoms with E-state index in [0.717, 1.165) is 12.8 Å². The number of carbonyl (C=O) groups excluding carboxylic acids is 1. The van der Waals surface area contributed by atoms with Gasteiger partial charge in [0.15, 0.2) is 6.35 Å². The maximum Gasteiger partial charge on any atom is 0.471 e. The van der Waals surface area contributed by atoms with E-state index >= 15 is 0 Å². The summed E-state index contributed by atoms with van der Waals surface area (Å²) in [5.41, 5.74) is 0.610. The van der Waals surface area contributed by atoms with E-state index in [1.807, 2.05) is 4.90 Å². The number of rotatable bonds is 6. The van der Waals surface area contributed by atoms with E-state index in [1.54, 1.807) is 0 Å². The minimum atomic E-state index is -4.73. The third kappa shape index (κ3) is 5.05. The molecule has 4 atom stereocenters. The Morgan fingerprint density at radius 1 is 1.14 bits per heavy atom. The number of aliphatic hydroxyl groups excluding tert-OH is 1. The SMILES string of the molecule is O=C(NC[C@H]1COCCN1C(O)N1C2CCC1COC2)c1ccc(-c2noc(C(F)(F)F)n2)cc1. The summed E-state index contributed by atoms with van der Waals surface area (Å²) in [6, 6.07) is 6.01. The van der Waals surface area contributed by atoms with E-state index in [2.05, 4.69) is 24.9 Å². The molecule has 190 valence electrons. The highest BCUT2D eigenvalue weighted by Gasteiger charge is 2.44. The Hall–Kier alpha value is -2.58. The van der Waals surface area contributed by atoms with Gasteiger partial charge in [-0.15, -0.1) is 0 Å². The van der Waals surface area contributed by atoms with Gasteiger partial charge in [-0.2, -0.15) is 18.2 Å². The van der Waals surface area contributed by atoms with Crippen LogP contribution in [0.3, 0.4) is 0 Å². The van der Waals surface area contributed by atoms with Crippen LogP contribution >= 0.6 is 0 Å². The molecule has 10 nitrogen and oxygen atoms in total. The monoisotopic (exact) mass is 497 g/mol. The van der Waals surface area contributed by atoms with Crippen LogP contribution in [-0.2, 0) is 15.7 Å². The van der Waals surface area contributed by atoms with Gasteiger partial charge in [0.2, 0.25) is 5.82 Å². The van der Waals surface area contributed by atoms with E-state index in [4.69, 9.17) is 9.47 Å². The molecule has 2 N–H and O–H groups in total. The number of alkyl halides is 3. The largest absolute Gasteiger partial charge is 0.471 e. The fourth-order valence-electron chi connectivity index (χ4n) is 4.90. The Bertz CT molecular complexity index is 1020. The third-order valence-corrected chi connectivity index (χ3v) is 6.71. The Kier molecular flexibility index (Phi) is 6.77. The molecule has 3 saturated heterocycles. The number of ether oxygens (including phenoxy) is 2. The van der Waals surface area contributed by atoms with Crippen LogP contribution in [0.1, 0.15) is 29.1 Å². The van der Waals surface area contributed by atoms with Crippen LogP contribution in [-0.4, -0.2) is 94.9 Å². The highest BCUT2D eigenvalue weighted by molar-refractivity contribution is 5.94. The average Bonchev–Trinajstić information content (AvgIpc) is 3.45. The normalized spacial score (nSPS) is 26.6. The molecule has 0 aliphatic carbocycles. The van der Waals surface area contributed by atoms with Crippen molar-refractivity contribution in [2.75, 3.05) is 39.5 Å². The van der Waals surface area contributed by atoms with Crippen LogP contribution < -0.4 is 5.32 Å². The number of nitrogens with one attached hydrogen (secondary N) is 1. The van der Waals surface area contributed by atoms with Gasteiger partial charge in [-0.25, -0.2) is 0 Å². The number of benzene rings is 1. The lowest BCUT2D eigenvalue weighted by Crippen LogP contribution is -2.63. The second kappa shape index (κ2) is 9.82. The van der Waals surface area contributed by atoms with Gasteiger partial charge in [0, 0.05) is 36.3 Å². The number of nitrogens with zero attached hydrogens (tertiary/aromatic N) is 4. The van der Waals surface area contributed by atoms with Crippen LogP contribution in [0.5, 0.6) is 0 Å². The maximum absolute atomic E-state index is 12.7. The lowest BCUT2D eigenvalue weighted by Gasteiger charge is -2.46. The quantitative estimate of drug-likeness (QED) is 0.610. The first-order valence-corrected chi connectivity index (χ1v) is 11.5. The van der Waals surface area contributed by atoms with Crippen LogP contribution in [0, 0.1) is 0 Å².